The number of hydrogen-bond donors (Lipinski definition) is 1. The minimum atomic E-state index is -3.81. The normalized spacial score (nSPS) is 18.4. The molecule has 0 bridgehead atoms. The predicted octanol–water partition coefficient (Wildman–Crippen LogP) is 1.13. The molecule has 1 aliphatic heterocycles. The van der Waals surface area contributed by atoms with E-state index in [1.54, 1.807) is 0 Å². The van der Waals surface area contributed by atoms with Gasteiger partial charge in [0, 0.05) is 13.1 Å². The zero-order valence-corrected chi connectivity index (χ0v) is 9.17. The molecule has 2 rings (SSSR count). The van der Waals surface area contributed by atoms with Crippen LogP contribution < -0.4 is 0 Å². The Hall–Kier alpha value is -1.02. The van der Waals surface area contributed by atoms with Gasteiger partial charge in [-0.05, 0) is 12.8 Å². The van der Waals surface area contributed by atoms with Gasteiger partial charge in [-0.25, -0.2) is 17.2 Å². The lowest BCUT2D eigenvalue weighted by molar-refractivity contribution is 0.142. The van der Waals surface area contributed by atoms with Gasteiger partial charge in [-0.1, -0.05) is 0 Å². The van der Waals surface area contributed by atoms with Gasteiger partial charge < -0.3 is 0 Å². The largest absolute Gasteiger partial charge is 0.281 e. The molecular formula is C8H11F2N3O2S. The van der Waals surface area contributed by atoms with Crippen molar-refractivity contribution in [3.05, 3.63) is 11.9 Å². The minimum absolute atomic E-state index is 0.385. The van der Waals surface area contributed by atoms with Crippen LogP contribution in [0.3, 0.4) is 0 Å². The fourth-order valence-electron chi connectivity index (χ4n) is 1.71. The first-order valence-corrected chi connectivity index (χ1v) is 6.29. The second kappa shape index (κ2) is 4.10. The standard InChI is InChI=1S/C8H11F2N3O2S/c9-8(10)7-6(5-11-12-7)16(14,15)13-3-1-2-4-13/h5,8H,1-4H2,(H,11,12). The quantitative estimate of drug-likeness (QED) is 0.875. The first-order chi connectivity index (χ1) is 7.53. The molecule has 0 aromatic carbocycles. The highest BCUT2D eigenvalue weighted by Crippen LogP contribution is 2.27. The molecule has 0 saturated carbocycles. The van der Waals surface area contributed by atoms with E-state index in [1.807, 2.05) is 5.10 Å². The van der Waals surface area contributed by atoms with Gasteiger partial charge in [-0.3, -0.25) is 5.10 Å². The summed E-state index contributed by atoms with van der Waals surface area (Å²) in [7, 11) is -3.81. The lowest BCUT2D eigenvalue weighted by atomic mass is 10.4. The lowest BCUT2D eigenvalue weighted by Gasteiger charge is -2.14. The smallest absolute Gasteiger partial charge is 0.275 e. The average Bonchev–Trinajstić information content (AvgIpc) is 2.89. The van der Waals surface area contributed by atoms with Crippen LogP contribution >= 0.6 is 0 Å². The first-order valence-electron chi connectivity index (χ1n) is 4.85. The van der Waals surface area contributed by atoms with Crippen molar-refractivity contribution in [1.82, 2.24) is 14.5 Å². The number of H-pyrrole nitrogens is 1. The molecule has 1 aromatic heterocycles. The number of aromatic amines is 1. The van der Waals surface area contributed by atoms with Crippen molar-refractivity contribution in [2.24, 2.45) is 0 Å². The monoisotopic (exact) mass is 251 g/mol. The molecule has 2 heterocycles. The summed E-state index contributed by atoms with van der Waals surface area (Å²) in [5.41, 5.74) is -0.632. The topological polar surface area (TPSA) is 66.1 Å². The Labute approximate surface area is 91.5 Å². The molecule has 8 heteroatoms. The molecule has 0 aliphatic carbocycles. The maximum atomic E-state index is 12.5. The third kappa shape index (κ3) is 1.82. The van der Waals surface area contributed by atoms with Crippen LogP contribution in [0, 0.1) is 0 Å². The van der Waals surface area contributed by atoms with Crippen molar-refractivity contribution in [2.45, 2.75) is 24.2 Å². The van der Waals surface area contributed by atoms with Gasteiger partial charge in [-0.15, -0.1) is 0 Å². The molecule has 1 aromatic rings. The number of halogens is 2. The summed E-state index contributed by atoms with van der Waals surface area (Å²) in [6, 6.07) is 0. The average molecular weight is 251 g/mol. The fraction of sp³-hybridized carbons (Fsp3) is 0.625. The van der Waals surface area contributed by atoms with Crippen molar-refractivity contribution in [3.8, 4) is 0 Å². The number of hydrogen-bond acceptors (Lipinski definition) is 3. The van der Waals surface area contributed by atoms with E-state index in [0.717, 1.165) is 19.0 Å². The molecule has 0 radical (unpaired) electrons. The summed E-state index contributed by atoms with van der Waals surface area (Å²) >= 11 is 0. The van der Waals surface area contributed by atoms with E-state index in [1.165, 1.54) is 4.31 Å². The van der Waals surface area contributed by atoms with E-state index < -0.39 is 27.0 Å². The van der Waals surface area contributed by atoms with Gasteiger partial charge in [-0.2, -0.15) is 9.40 Å². The maximum Gasteiger partial charge on any atom is 0.281 e. The number of alkyl halides is 2. The molecule has 0 spiro atoms. The lowest BCUT2D eigenvalue weighted by Crippen LogP contribution is -2.28. The Morgan fingerprint density at radius 1 is 1.38 bits per heavy atom. The van der Waals surface area contributed by atoms with E-state index in [2.05, 4.69) is 5.10 Å². The van der Waals surface area contributed by atoms with E-state index >= 15 is 0 Å². The van der Waals surface area contributed by atoms with Crippen LogP contribution in [0.5, 0.6) is 0 Å². The van der Waals surface area contributed by atoms with Crippen molar-refractivity contribution in [2.75, 3.05) is 13.1 Å². The predicted molar refractivity (Wildman–Crippen MR) is 51.5 cm³/mol. The molecule has 0 unspecified atom stereocenters. The zero-order chi connectivity index (χ0) is 11.8. The molecule has 1 saturated heterocycles. The van der Waals surface area contributed by atoms with Crippen molar-refractivity contribution in [1.29, 1.82) is 0 Å². The summed E-state index contributed by atoms with van der Waals surface area (Å²) in [5.74, 6) is 0. The summed E-state index contributed by atoms with van der Waals surface area (Å²) in [6.45, 7) is 0.770. The number of nitrogens with one attached hydrogen (secondary N) is 1. The molecule has 1 fully saturated rings. The highest BCUT2D eigenvalue weighted by molar-refractivity contribution is 7.89. The molecule has 1 aliphatic rings. The highest BCUT2D eigenvalue weighted by Gasteiger charge is 2.32. The summed E-state index contributed by atoms with van der Waals surface area (Å²) in [4.78, 5) is -0.413. The van der Waals surface area contributed by atoms with Crippen LogP contribution in [0.25, 0.3) is 0 Å². The van der Waals surface area contributed by atoms with Gasteiger partial charge in [0.25, 0.3) is 6.43 Å². The van der Waals surface area contributed by atoms with Crippen LogP contribution in [-0.4, -0.2) is 36.0 Å². The number of rotatable bonds is 3. The Morgan fingerprint density at radius 3 is 2.56 bits per heavy atom. The fourth-order valence-corrected chi connectivity index (χ4v) is 3.33. The van der Waals surface area contributed by atoms with Crippen molar-refractivity contribution >= 4 is 10.0 Å². The van der Waals surface area contributed by atoms with Crippen LogP contribution in [-0.2, 0) is 10.0 Å². The Bertz CT molecular complexity index is 465. The molecule has 1 N–H and O–H groups in total. The number of sulfonamides is 1. The Balaban J connectivity index is 2.39. The molecular weight excluding hydrogens is 240 g/mol. The molecule has 90 valence electrons. The first kappa shape index (κ1) is 11.5. The number of nitrogens with zero attached hydrogens (tertiary/aromatic N) is 2. The van der Waals surface area contributed by atoms with E-state index in [0.29, 0.717) is 13.1 Å². The van der Waals surface area contributed by atoms with Crippen molar-refractivity contribution < 1.29 is 17.2 Å². The maximum absolute atomic E-state index is 12.5. The third-order valence-electron chi connectivity index (χ3n) is 2.53. The van der Waals surface area contributed by atoms with Gasteiger partial charge >= 0.3 is 0 Å². The Morgan fingerprint density at radius 2 is 2.00 bits per heavy atom. The number of aromatic nitrogens is 2. The summed E-state index contributed by atoms with van der Waals surface area (Å²) < 4.78 is 50.2. The van der Waals surface area contributed by atoms with Gasteiger partial charge in [0.05, 0.1) is 6.20 Å². The summed E-state index contributed by atoms with van der Waals surface area (Å²) in [5, 5.41) is 5.40. The van der Waals surface area contributed by atoms with E-state index in [-0.39, 0.29) is 0 Å². The molecule has 0 atom stereocenters. The van der Waals surface area contributed by atoms with Gasteiger partial charge in [0.15, 0.2) is 0 Å². The van der Waals surface area contributed by atoms with Crippen LogP contribution in [0.1, 0.15) is 25.0 Å². The highest BCUT2D eigenvalue weighted by atomic mass is 32.2. The van der Waals surface area contributed by atoms with Crippen LogP contribution in [0.2, 0.25) is 0 Å². The van der Waals surface area contributed by atoms with Crippen LogP contribution in [0.15, 0.2) is 11.1 Å². The van der Waals surface area contributed by atoms with E-state index in [9.17, 15) is 17.2 Å². The molecule has 5 nitrogen and oxygen atoms in total. The van der Waals surface area contributed by atoms with Crippen molar-refractivity contribution in [3.63, 3.8) is 0 Å². The third-order valence-corrected chi connectivity index (χ3v) is 4.46. The minimum Gasteiger partial charge on any atom is -0.275 e. The zero-order valence-electron chi connectivity index (χ0n) is 8.36. The second-order valence-electron chi connectivity index (χ2n) is 3.56. The SMILES string of the molecule is O=S(=O)(c1cn[nH]c1C(F)F)N1CCCC1. The molecule has 0 amide bonds. The summed E-state index contributed by atoms with van der Waals surface area (Å²) in [6.07, 6.45) is -0.396. The van der Waals surface area contributed by atoms with Gasteiger partial charge in [0.2, 0.25) is 10.0 Å². The van der Waals surface area contributed by atoms with E-state index in [4.69, 9.17) is 0 Å². The molecule has 16 heavy (non-hydrogen) atoms. The Kier molecular flexibility index (Phi) is 2.94. The van der Waals surface area contributed by atoms with Gasteiger partial charge in [0.1, 0.15) is 10.6 Å². The second-order valence-corrected chi connectivity index (χ2v) is 5.47. The van der Waals surface area contributed by atoms with Crippen LogP contribution in [0.4, 0.5) is 8.78 Å².